The molecule has 1 aromatic rings. The van der Waals surface area contributed by atoms with Gasteiger partial charge in [-0.1, -0.05) is 30.3 Å². The van der Waals surface area contributed by atoms with Gasteiger partial charge in [-0.15, -0.1) is 0 Å². The molecule has 5 nitrogen and oxygen atoms in total. The van der Waals surface area contributed by atoms with E-state index >= 15 is 0 Å². The van der Waals surface area contributed by atoms with Gasteiger partial charge in [-0.3, -0.25) is 9.59 Å². The van der Waals surface area contributed by atoms with Gasteiger partial charge in [0, 0.05) is 13.7 Å². The molecule has 0 heterocycles. The van der Waals surface area contributed by atoms with Crippen LogP contribution in [-0.4, -0.2) is 32.1 Å². The molecule has 0 aliphatic rings. The Morgan fingerprint density at radius 2 is 1.94 bits per heavy atom. The van der Waals surface area contributed by atoms with E-state index < -0.39 is 6.04 Å². The van der Waals surface area contributed by atoms with Gasteiger partial charge in [0.15, 0.2) is 0 Å². The van der Waals surface area contributed by atoms with Gasteiger partial charge in [0.2, 0.25) is 11.8 Å². The third kappa shape index (κ3) is 4.18. The maximum absolute atomic E-state index is 11.8. The lowest BCUT2D eigenvalue weighted by molar-refractivity contribution is -0.131. The van der Waals surface area contributed by atoms with Crippen molar-refractivity contribution in [2.75, 3.05) is 20.3 Å². The fraction of sp³-hybridized carbons (Fsp3) is 0.385. The lowest BCUT2D eigenvalue weighted by atomic mass is 10.1. The van der Waals surface area contributed by atoms with Gasteiger partial charge in [-0.25, -0.2) is 0 Å². The van der Waals surface area contributed by atoms with Gasteiger partial charge in [0.1, 0.15) is 12.6 Å². The smallest absolute Gasteiger partial charge is 0.246 e. The monoisotopic (exact) mass is 250 g/mol. The molecule has 1 atom stereocenters. The van der Waals surface area contributed by atoms with Crippen molar-refractivity contribution in [1.82, 2.24) is 10.6 Å². The number of amides is 2. The van der Waals surface area contributed by atoms with Crippen LogP contribution < -0.4 is 10.6 Å². The molecule has 0 unspecified atom stereocenters. The third-order valence-electron chi connectivity index (χ3n) is 2.38. The van der Waals surface area contributed by atoms with Crippen LogP contribution in [0.3, 0.4) is 0 Å². The molecule has 0 spiro atoms. The van der Waals surface area contributed by atoms with Crippen LogP contribution in [0.25, 0.3) is 0 Å². The summed E-state index contributed by atoms with van der Waals surface area (Å²) in [7, 11) is 1.53. The number of ether oxygens (including phenoxy) is 1. The average Bonchev–Trinajstić information content (AvgIpc) is 2.42. The van der Waals surface area contributed by atoms with Crippen LogP contribution in [0.1, 0.15) is 18.5 Å². The molecule has 98 valence electrons. The molecule has 18 heavy (non-hydrogen) atoms. The molecule has 0 saturated carbocycles. The van der Waals surface area contributed by atoms with Crippen molar-refractivity contribution in [3.05, 3.63) is 35.9 Å². The molecule has 0 aliphatic carbocycles. The van der Waals surface area contributed by atoms with Gasteiger partial charge in [-0.05, 0) is 12.5 Å². The molecule has 0 bridgehead atoms. The summed E-state index contributed by atoms with van der Waals surface area (Å²) >= 11 is 0. The van der Waals surface area contributed by atoms with Crippen LogP contribution in [0, 0.1) is 0 Å². The van der Waals surface area contributed by atoms with Gasteiger partial charge in [0.25, 0.3) is 0 Å². The van der Waals surface area contributed by atoms with E-state index in [1.54, 1.807) is 19.1 Å². The predicted molar refractivity (Wildman–Crippen MR) is 67.9 cm³/mol. The minimum absolute atomic E-state index is 0.0448. The first kappa shape index (κ1) is 14.2. The summed E-state index contributed by atoms with van der Waals surface area (Å²) in [5.74, 6) is -0.569. The summed E-state index contributed by atoms with van der Waals surface area (Å²) in [6.45, 7) is 2.22. The second-order valence-electron chi connectivity index (χ2n) is 3.66. The van der Waals surface area contributed by atoms with E-state index in [1.807, 2.05) is 18.2 Å². The van der Waals surface area contributed by atoms with Gasteiger partial charge in [-0.2, -0.15) is 0 Å². The lowest BCUT2D eigenvalue weighted by Gasteiger charge is -2.17. The summed E-state index contributed by atoms with van der Waals surface area (Å²) in [5.41, 5.74) is 0.738. The number of carbonyl (C=O) groups is 2. The number of benzene rings is 1. The minimum atomic E-state index is -0.691. The maximum atomic E-state index is 11.8. The summed E-state index contributed by atoms with van der Waals surface area (Å²) < 4.78 is 5.00. The Morgan fingerprint density at radius 3 is 2.50 bits per heavy atom. The highest BCUT2D eigenvalue weighted by molar-refractivity contribution is 5.88. The highest BCUT2D eigenvalue weighted by atomic mass is 16.5. The van der Waals surface area contributed by atoms with Crippen molar-refractivity contribution in [1.29, 1.82) is 0 Å². The van der Waals surface area contributed by atoms with E-state index in [-0.39, 0.29) is 18.4 Å². The normalized spacial score (nSPS) is 11.7. The predicted octanol–water partition coefficient (Wildman–Crippen LogP) is 0.626. The average molecular weight is 250 g/mol. The SMILES string of the molecule is CCOCC(=O)N[C@H](C(=O)NC)c1ccccc1. The number of hydrogen-bond acceptors (Lipinski definition) is 3. The molecular weight excluding hydrogens is 232 g/mol. The maximum Gasteiger partial charge on any atom is 0.246 e. The van der Waals surface area contributed by atoms with E-state index in [9.17, 15) is 9.59 Å². The quantitative estimate of drug-likeness (QED) is 0.778. The van der Waals surface area contributed by atoms with E-state index in [0.717, 1.165) is 5.56 Å². The molecule has 2 amide bonds. The van der Waals surface area contributed by atoms with Crippen LogP contribution in [0.2, 0.25) is 0 Å². The highest BCUT2D eigenvalue weighted by Crippen LogP contribution is 2.12. The van der Waals surface area contributed by atoms with Crippen molar-refractivity contribution in [3.8, 4) is 0 Å². The lowest BCUT2D eigenvalue weighted by Crippen LogP contribution is -2.40. The molecule has 0 aliphatic heterocycles. The van der Waals surface area contributed by atoms with Gasteiger partial charge in [0.05, 0.1) is 0 Å². The fourth-order valence-corrected chi connectivity index (χ4v) is 1.49. The van der Waals surface area contributed by atoms with Crippen molar-refractivity contribution in [3.63, 3.8) is 0 Å². The van der Waals surface area contributed by atoms with Gasteiger partial charge >= 0.3 is 0 Å². The standard InChI is InChI=1S/C13H18N2O3/c1-3-18-9-11(16)15-12(13(17)14-2)10-7-5-4-6-8-10/h4-8,12H,3,9H2,1-2H3,(H,14,17)(H,15,16)/t12-/m0/s1. The number of likely N-dealkylation sites (N-methyl/N-ethyl adjacent to an activating group) is 1. The number of carbonyl (C=O) groups excluding carboxylic acids is 2. The van der Waals surface area contributed by atoms with Crippen LogP contribution >= 0.6 is 0 Å². The Hall–Kier alpha value is -1.88. The Balaban J connectivity index is 2.74. The van der Waals surface area contributed by atoms with Crippen molar-refractivity contribution in [2.45, 2.75) is 13.0 Å². The minimum Gasteiger partial charge on any atom is -0.372 e. The van der Waals surface area contributed by atoms with Crippen LogP contribution in [0.4, 0.5) is 0 Å². The van der Waals surface area contributed by atoms with E-state index in [1.165, 1.54) is 7.05 Å². The first-order valence-corrected chi connectivity index (χ1v) is 5.82. The molecule has 1 aromatic carbocycles. The molecule has 0 saturated heterocycles. The van der Waals surface area contributed by atoms with E-state index in [0.29, 0.717) is 6.61 Å². The number of hydrogen-bond donors (Lipinski definition) is 2. The largest absolute Gasteiger partial charge is 0.372 e. The van der Waals surface area contributed by atoms with Crippen LogP contribution in [0.5, 0.6) is 0 Å². The second-order valence-corrected chi connectivity index (χ2v) is 3.66. The van der Waals surface area contributed by atoms with Crippen molar-refractivity contribution in [2.24, 2.45) is 0 Å². The van der Waals surface area contributed by atoms with Crippen LogP contribution in [-0.2, 0) is 14.3 Å². The van der Waals surface area contributed by atoms with E-state index in [2.05, 4.69) is 10.6 Å². The first-order chi connectivity index (χ1) is 8.69. The Labute approximate surface area is 107 Å². The Bertz CT molecular complexity index is 392. The number of rotatable bonds is 6. The first-order valence-electron chi connectivity index (χ1n) is 5.82. The van der Waals surface area contributed by atoms with Crippen molar-refractivity contribution >= 4 is 11.8 Å². The van der Waals surface area contributed by atoms with E-state index in [4.69, 9.17) is 4.74 Å². The Kier molecular flexibility index (Phi) is 5.87. The molecule has 0 fully saturated rings. The number of nitrogens with one attached hydrogen (secondary N) is 2. The molecule has 5 heteroatoms. The molecule has 0 radical (unpaired) electrons. The molecule has 2 N–H and O–H groups in total. The summed E-state index contributed by atoms with van der Waals surface area (Å²) in [6.07, 6.45) is 0. The molecular formula is C13H18N2O3. The van der Waals surface area contributed by atoms with Crippen LogP contribution in [0.15, 0.2) is 30.3 Å². The molecule has 1 rings (SSSR count). The molecule has 0 aromatic heterocycles. The highest BCUT2D eigenvalue weighted by Gasteiger charge is 2.21. The zero-order chi connectivity index (χ0) is 13.4. The third-order valence-corrected chi connectivity index (χ3v) is 2.38. The summed E-state index contributed by atoms with van der Waals surface area (Å²) in [5, 5.41) is 5.17. The second kappa shape index (κ2) is 7.45. The zero-order valence-corrected chi connectivity index (χ0v) is 10.6. The van der Waals surface area contributed by atoms with Crippen molar-refractivity contribution < 1.29 is 14.3 Å². The zero-order valence-electron chi connectivity index (χ0n) is 10.6. The van der Waals surface area contributed by atoms with Gasteiger partial charge < -0.3 is 15.4 Å². The topological polar surface area (TPSA) is 67.4 Å². The summed E-state index contributed by atoms with van der Waals surface area (Å²) in [4.78, 5) is 23.3. The summed E-state index contributed by atoms with van der Waals surface area (Å²) in [6, 6.07) is 8.39. The fourth-order valence-electron chi connectivity index (χ4n) is 1.49. The Morgan fingerprint density at radius 1 is 1.28 bits per heavy atom.